The average molecular weight is 227 g/mol. The van der Waals surface area contributed by atoms with Crippen LogP contribution in [0.5, 0.6) is 5.88 Å². The SMILES string of the molecule is O=C(Oc1ccnc(Cl)n1)C1CCCC1. The summed E-state index contributed by atoms with van der Waals surface area (Å²) in [4.78, 5) is 19.1. The lowest BCUT2D eigenvalue weighted by molar-refractivity contribution is -0.138. The molecule has 1 saturated carbocycles. The lowest BCUT2D eigenvalue weighted by atomic mass is 10.1. The van der Waals surface area contributed by atoms with E-state index in [1.54, 1.807) is 0 Å². The van der Waals surface area contributed by atoms with Gasteiger partial charge in [0, 0.05) is 12.3 Å². The Bertz CT molecular complexity index is 364. The summed E-state index contributed by atoms with van der Waals surface area (Å²) >= 11 is 5.57. The van der Waals surface area contributed by atoms with Gasteiger partial charge in [-0.3, -0.25) is 4.79 Å². The van der Waals surface area contributed by atoms with Crippen LogP contribution in [0.3, 0.4) is 0 Å². The fraction of sp³-hybridized carbons (Fsp3) is 0.500. The van der Waals surface area contributed by atoms with Crippen LogP contribution in [0.1, 0.15) is 25.7 Å². The van der Waals surface area contributed by atoms with Crippen LogP contribution in [-0.2, 0) is 4.79 Å². The Labute approximate surface area is 92.6 Å². The molecule has 4 nitrogen and oxygen atoms in total. The molecule has 0 saturated heterocycles. The van der Waals surface area contributed by atoms with Gasteiger partial charge in [0.05, 0.1) is 5.92 Å². The van der Waals surface area contributed by atoms with Gasteiger partial charge in [0.25, 0.3) is 0 Å². The number of rotatable bonds is 2. The number of esters is 1. The standard InChI is InChI=1S/C10H11ClN2O2/c11-10-12-6-5-8(13-10)15-9(14)7-3-1-2-4-7/h5-7H,1-4H2. The molecule has 80 valence electrons. The summed E-state index contributed by atoms with van der Waals surface area (Å²) in [7, 11) is 0. The number of hydrogen-bond donors (Lipinski definition) is 0. The molecule has 1 fully saturated rings. The number of hydrogen-bond acceptors (Lipinski definition) is 4. The van der Waals surface area contributed by atoms with Crippen LogP contribution in [-0.4, -0.2) is 15.9 Å². The second-order valence-corrected chi connectivity index (χ2v) is 3.90. The zero-order chi connectivity index (χ0) is 10.7. The molecule has 1 aromatic heterocycles. The molecule has 0 aromatic carbocycles. The Balaban J connectivity index is 1.99. The summed E-state index contributed by atoms with van der Waals surface area (Å²) < 4.78 is 5.10. The summed E-state index contributed by atoms with van der Waals surface area (Å²) in [6.45, 7) is 0. The molecule has 1 aromatic rings. The monoisotopic (exact) mass is 226 g/mol. The molecule has 0 atom stereocenters. The Hall–Kier alpha value is -1.16. The van der Waals surface area contributed by atoms with E-state index in [1.807, 2.05) is 0 Å². The predicted molar refractivity (Wildman–Crippen MR) is 54.6 cm³/mol. The van der Waals surface area contributed by atoms with Crippen molar-refractivity contribution in [1.29, 1.82) is 0 Å². The van der Waals surface area contributed by atoms with Gasteiger partial charge in [-0.15, -0.1) is 0 Å². The molecule has 1 heterocycles. The van der Waals surface area contributed by atoms with E-state index in [0.717, 1.165) is 25.7 Å². The van der Waals surface area contributed by atoms with E-state index < -0.39 is 0 Å². The number of aromatic nitrogens is 2. The van der Waals surface area contributed by atoms with Crippen molar-refractivity contribution < 1.29 is 9.53 Å². The fourth-order valence-corrected chi connectivity index (χ4v) is 1.86. The molecule has 0 N–H and O–H groups in total. The van der Waals surface area contributed by atoms with Crippen molar-refractivity contribution in [1.82, 2.24) is 9.97 Å². The maximum Gasteiger partial charge on any atom is 0.315 e. The van der Waals surface area contributed by atoms with E-state index in [0.29, 0.717) is 0 Å². The number of nitrogens with zero attached hydrogens (tertiary/aromatic N) is 2. The van der Waals surface area contributed by atoms with E-state index >= 15 is 0 Å². The Kier molecular flexibility index (Phi) is 3.16. The van der Waals surface area contributed by atoms with E-state index in [-0.39, 0.29) is 23.1 Å². The van der Waals surface area contributed by atoms with Gasteiger partial charge < -0.3 is 4.74 Å². The molecule has 0 radical (unpaired) electrons. The molecule has 2 rings (SSSR count). The van der Waals surface area contributed by atoms with Gasteiger partial charge in [-0.25, -0.2) is 4.98 Å². The highest BCUT2D eigenvalue weighted by molar-refractivity contribution is 6.28. The van der Waals surface area contributed by atoms with Crippen LogP contribution >= 0.6 is 11.6 Å². The predicted octanol–water partition coefficient (Wildman–Crippen LogP) is 2.23. The van der Waals surface area contributed by atoms with Gasteiger partial charge in [0.1, 0.15) is 0 Å². The first kappa shape index (κ1) is 10.4. The molecule has 0 unspecified atom stereocenters. The van der Waals surface area contributed by atoms with Crippen molar-refractivity contribution in [3.63, 3.8) is 0 Å². The minimum atomic E-state index is -0.206. The molecule has 0 spiro atoms. The molecule has 15 heavy (non-hydrogen) atoms. The van der Waals surface area contributed by atoms with E-state index in [1.165, 1.54) is 12.3 Å². The summed E-state index contributed by atoms with van der Waals surface area (Å²) in [6.07, 6.45) is 5.50. The molecular formula is C10H11ClN2O2. The van der Waals surface area contributed by atoms with Gasteiger partial charge >= 0.3 is 5.97 Å². The van der Waals surface area contributed by atoms with Gasteiger partial charge in [0.15, 0.2) is 0 Å². The van der Waals surface area contributed by atoms with Crippen LogP contribution in [0, 0.1) is 5.92 Å². The third-order valence-electron chi connectivity index (χ3n) is 2.49. The maximum absolute atomic E-state index is 11.6. The quantitative estimate of drug-likeness (QED) is 0.573. The Morgan fingerprint density at radius 2 is 2.20 bits per heavy atom. The zero-order valence-electron chi connectivity index (χ0n) is 8.15. The molecule has 1 aliphatic rings. The van der Waals surface area contributed by atoms with Crippen molar-refractivity contribution in [3.05, 3.63) is 17.5 Å². The summed E-state index contributed by atoms with van der Waals surface area (Å²) in [5.74, 6) is 0.0490. The highest BCUT2D eigenvalue weighted by Crippen LogP contribution is 2.26. The van der Waals surface area contributed by atoms with Crippen LogP contribution in [0.25, 0.3) is 0 Å². The first-order valence-corrected chi connectivity index (χ1v) is 5.34. The Morgan fingerprint density at radius 3 is 2.87 bits per heavy atom. The lowest BCUT2D eigenvalue weighted by Gasteiger charge is -2.07. The van der Waals surface area contributed by atoms with Crippen molar-refractivity contribution in [2.24, 2.45) is 5.92 Å². The van der Waals surface area contributed by atoms with Gasteiger partial charge in [0.2, 0.25) is 11.2 Å². The zero-order valence-corrected chi connectivity index (χ0v) is 8.91. The van der Waals surface area contributed by atoms with Gasteiger partial charge in [-0.05, 0) is 24.4 Å². The highest BCUT2D eigenvalue weighted by atomic mass is 35.5. The molecule has 5 heteroatoms. The third-order valence-corrected chi connectivity index (χ3v) is 2.68. The number of carbonyl (C=O) groups is 1. The Morgan fingerprint density at radius 1 is 1.47 bits per heavy atom. The molecule has 0 bridgehead atoms. The molecule has 0 aliphatic heterocycles. The normalized spacial score (nSPS) is 16.6. The molecule has 0 amide bonds. The second-order valence-electron chi connectivity index (χ2n) is 3.57. The van der Waals surface area contributed by atoms with E-state index in [2.05, 4.69) is 9.97 Å². The van der Waals surface area contributed by atoms with Crippen molar-refractivity contribution >= 4 is 17.6 Å². The van der Waals surface area contributed by atoms with Gasteiger partial charge in [-0.1, -0.05) is 12.8 Å². The van der Waals surface area contributed by atoms with Crippen LogP contribution in [0.15, 0.2) is 12.3 Å². The largest absolute Gasteiger partial charge is 0.407 e. The average Bonchev–Trinajstić information content (AvgIpc) is 2.70. The van der Waals surface area contributed by atoms with E-state index in [4.69, 9.17) is 16.3 Å². The highest BCUT2D eigenvalue weighted by Gasteiger charge is 2.24. The maximum atomic E-state index is 11.6. The van der Waals surface area contributed by atoms with Crippen LogP contribution < -0.4 is 4.74 Å². The first-order valence-electron chi connectivity index (χ1n) is 4.96. The smallest absolute Gasteiger partial charge is 0.315 e. The number of halogens is 1. The molecular weight excluding hydrogens is 216 g/mol. The summed E-state index contributed by atoms with van der Waals surface area (Å²) in [5.41, 5.74) is 0. The van der Waals surface area contributed by atoms with Gasteiger partial charge in [-0.2, -0.15) is 4.98 Å². The second kappa shape index (κ2) is 4.57. The molecule has 1 aliphatic carbocycles. The van der Waals surface area contributed by atoms with E-state index in [9.17, 15) is 4.79 Å². The summed E-state index contributed by atoms with van der Waals surface area (Å²) in [6, 6.07) is 1.53. The topological polar surface area (TPSA) is 52.1 Å². The minimum absolute atomic E-state index is 0.0266. The van der Waals surface area contributed by atoms with Crippen molar-refractivity contribution in [3.8, 4) is 5.88 Å². The lowest BCUT2D eigenvalue weighted by Crippen LogP contribution is -2.18. The van der Waals surface area contributed by atoms with Crippen molar-refractivity contribution in [2.45, 2.75) is 25.7 Å². The van der Waals surface area contributed by atoms with Crippen LogP contribution in [0.4, 0.5) is 0 Å². The first-order chi connectivity index (χ1) is 7.25. The number of ether oxygens (including phenoxy) is 1. The number of carbonyl (C=O) groups excluding carboxylic acids is 1. The third kappa shape index (κ3) is 2.65. The summed E-state index contributed by atoms with van der Waals surface area (Å²) in [5, 5.41) is 0.0896. The van der Waals surface area contributed by atoms with Crippen molar-refractivity contribution in [2.75, 3.05) is 0 Å². The van der Waals surface area contributed by atoms with Crippen LogP contribution in [0.2, 0.25) is 5.28 Å². The minimum Gasteiger partial charge on any atom is -0.407 e. The fourth-order valence-electron chi connectivity index (χ4n) is 1.72.